The Kier molecular flexibility index (Phi) is 5.79. The van der Waals surface area contributed by atoms with Crippen molar-refractivity contribution in [3.05, 3.63) is 51.9 Å². The Hall–Kier alpha value is -1.36. The molecule has 1 N–H and O–H groups in total. The molecule has 0 bridgehead atoms. The van der Waals surface area contributed by atoms with E-state index in [-0.39, 0.29) is 6.04 Å². The highest BCUT2D eigenvalue weighted by Gasteiger charge is 2.24. The summed E-state index contributed by atoms with van der Waals surface area (Å²) >= 11 is 12.7. The van der Waals surface area contributed by atoms with Gasteiger partial charge >= 0.3 is 0 Å². The van der Waals surface area contributed by atoms with Gasteiger partial charge in [0.25, 0.3) is 0 Å². The van der Waals surface area contributed by atoms with E-state index in [4.69, 9.17) is 27.9 Å². The molecule has 1 unspecified atom stereocenters. The van der Waals surface area contributed by atoms with E-state index in [1.54, 1.807) is 19.5 Å². The molecule has 1 aromatic carbocycles. The van der Waals surface area contributed by atoms with Crippen LogP contribution in [0.25, 0.3) is 0 Å². The maximum atomic E-state index is 6.34. The molecule has 0 aliphatic heterocycles. The molecule has 1 aromatic heterocycles. The molecule has 0 aliphatic rings. The van der Waals surface area contributed by atoms with Crippen LogP contribution < -0.4 is 10.1 Å². The van der Waals surface area contributed by atoms with Crippen LogP contribution in [0, 0.1) is 0 Å². The first-order valence-electron chi connectivity index (χ1n) is 6.71. The zero-order valence-electron chi connectivity index (χ0n) is 11.9. The van der Waals surface area contributed by atoms with Gasteiger partial charge in [-0.15, -0.1) is 0 Å². The summed E-state index contributed by atoms with van der Waals surface area (Å²) < 4.78 is 5.31. The molecular formula is C15H17Cl2N3O. The molecule has 2 rings (SSSR count). The van der Waals surface area contributed by atoms with Gasteiger partial charge in [0.05, 0.1) is 13.2 Å². The molecule has 21 heavy (non-hydrogen) atoms. The number of methoxy groups -OCH3 is 1. The Morgan fingerprint density at radius 1 is 1.19 bits per heavy atom. The standard InChI is InChI=1S/C15H17Cl2N3O/c1-3-7-18-13(12-10(16)5-4-6-11(12)17)14-15(21-2)20-9-8-19-14/h4-6,8-9,13,18H,3,7H2,1-2H3. The number of nitrogens with zero attached hydrogens (tertiary/aromatic N) is 2. The summed E-state index contributed by atoms with van der Waals surface area (Å²) in [6.07, 6.45) is 4.19. The lowest BCUT2D eigenvalue weighted by atomic mass is 10.0. The highest BCUT2D eigenvalue weighted by molar-refractivity contribution is 6.36. The van der Waals surface area contributed by atoms with Crippen molar-refractivity contribution in [2.45, 2.75) is 19.4 Å². The molecule has 0 spiro atoms. The van der Waals surface area contributed by atoms with Crippen LogP contribution in [0.5, 0.6) is 5.88 Å². The predicted molar refractivity (Wildman–Crippen MR) is 85.2 cm³/mol. The summed E-state index contributed by atoms with van der Waals surface area (Å²) in [4.78, 5) is 8.59. The molecule has 112 valence electrons. The van der Waals surface area contributed by atoms with Crippen LogP contribution in [0.1, 0.15) is 30.6 Å². The van der Waals surface area contributed by atoms with Gasteiger partial charge in [-0.1, -0.05) is 36.2 Å². The fraction of sp³-hybridized carbons (Fsp3) is 0.333. The van der Waals surface area contributed by atoms with Gasteiger partial charge in [0.2, 0.25) is 5.88 Å². The normalized spacial score (nSPS) is 12.2. The van der Waals surface area contributed by atoms with Crippen LogP contribution in [0.3, 0.4) is 0 Å². The Bertz CT molecular complexity index is 587. The molecular weight excluding hydrogens is 309 g/mol. The van der Waals surface area contributed by atoms with Crippen molar-refractivity contribution in [2.24, 2.45) is 0 Å². The summed E-state index contributed by atoms with van der Waals surface area (Å²) in [7, 11) is 1.57. The lowest BCUT2D eigenvalue weighted by Crippen LogP contribution is -2.25. The maximum Gasteiger partial charge on any atom is 0.237 e. The van der Waals surface area contributed by atoms with Crippen LogP contribution in [0.15, 0.2) is 30.6 Å². The molecule has 6 heteroatoms. The quantitative estimate of drug-likeness (QED) is 0.875. The first-order valence-corrected chi connectivity index (χ1v) is 7.46. The third-order valence-corrected chi connectivity index (χ3v) is 3.70. The third kappa shape index (κ3) is 3.64. The van der Waals surface area contributed by atoms with E-state index in [1.807, 2.05) is 18.2 Å². The number of aromatic nitrogens is 2. The molecule has 1 heterocycles. The fourth-order valence-electron chi connectivity index (χ4n) is 2.10. The minimum atomic E-state index is -0.269. The van der Waals surface area contributed by atoms with Gasteiger partial charge in [0, 0.05) is 28.0 Å². The molecule has 4 nitrogen and oxygen atoms in total. The van der Waals surface area contributed by atoms with E-state index in [0.717, 1.165) is 18.5 Å². The lowest BCUT2D eigenvalue weighted by molar-refractivity contribution is 0.382. The van der Waals surface area contributed by atoms with Crippen LogP contribution >= 0.6 is 23.2 Å². The number of nitrogens with one attached hydrogen (secondary N) is 1. The molecule has 0 radical (unpaired) electrons. The van der Waals surface area contributed by atoms with Crippen LogP contribution in [-0.4, -0.2) is 23.6 Å². The zero-order valence-corrected chi connectivity index (χ0v) is 13.4. The highest BCUT2D eigenvalue weighted by Crippen LogP contribution is 2.35. The topological polar surface area (TPSA) is 47.0 Å². The molecule has 1 atom stereocenters. The van der Waals surface area contributed by atoms with Crippen molar-refractivity contribution in [3.63, 3.8) is 0 Å². The average Bonchev–Trinajstić information content (AvgIpc) is 2.50. The first kappa shape index (κ1) is 16.0. The number of rotatable bonds is 6. The van der Waals surface area contributed by atoms with E-state index >= 15 is 0 Å². The second-order valence-electron chi connectivity index (χ2n) is 4.47. The fourth-order valence-corrected chi connectivity index (χ4v) is 2.72. The van der Waals surface area contributed by atoms with Gasteiger partial charge in [0.15, 0.2) is 0 Å². The second-order valence-corrected chi connectivity index (χ2v) is 5.29. The van der Waals surface area contributed by atoms with Crippen LogP contribution in [0.4, 0.5) is 0 Å². The van der Waals surface area contributed by atoms with Crippen molar-refractivity contribution in [1.82, 2.24) is 15.3 Å². The van der Waals surface area contributed by atoms with Crippen LogP contribution in [0.2, 0.25) is 10.0 Å². The number of hydrogen-bond acceptors (Lipinski definition) is 4. The van der Waals surface area contributed by atoms with E-state index in [1.165, 1.54) is 0 Å². The minimum absolute atomic E-state index is 0.269. The molecule has 0 fully saturated rings. The number of ether oxygens (including phenoxy) is 1. The van der Waals surface area contributed by atoms with Gasteiger partial charge in [-0.3, -0.25) is 4.98 Å². The summed E-state index contributed by atoms with van der Waals surface area (Å²) in [5, 5.41) is 4.58. The molecule has 2 aromatic rings. The number of benzene rings is 1. The highest BCUT2D eigenvalue weighted by atomic mass is 35.5. The average molecular weight is 326 g/mol. The van der Waals surface area contributed by atoms with Gasteiger partial charge in [-0.25, -0.2) is 4.98 Å². The Morgan fingerprint density at radius 2 is 1.86 bits per heavy atom. The SMILES string of the molecule is CCCNC(c1nccnc1OC)c1c(Cl)cccc1Cl. The van der Waals surface area contributed by atoms with E-state index in [0.29, 0.717) is 21.6 Å². The smallest absolute Gasteiger partial charge is 0.237 e. The zero-order chi connectivity index (χ0) is 15.2. The van der Waals surface area contributed by atoms with Crippen molar-refractivity contribution in [3.8, 4) is 5.88 Å². The predicted octanol–water partition coefficient (Wildman–Crippen LogP) is 3.88. The maximum absolute atomic E-state index is 6.34. The monoisotopic (exact) mass is 325 g/mol. The minimum Gasteiger partial charge on any atom is -0.480 e. The van der Waals surface area contributed by atoms with Gasteiger partial charge in [-0.05, 0) is 25.1 Å². The molecule has 0 aliphatic carbocycles. The van der Waals surface area contributed by atoms with Crippen molar-refractivity contribution < 1.29 is 4.74 Å². The molecule has 0 saturated carbocycles. The second kappa shape index (κ2) is 7.59. The Morgan fingerprint density at radius 3 is 2.48 bits per heavy atom. The van der Waals surface area contributed by atoms with Crippen molar-refractivity contribution in [2.75, 3.05) is 13.7 Å². The van der Waals surface area contributed by atoms with E-state index in [2.05, 4.69) is 22.2 Å². The number of hydrogen-bond donors (Lipinski definition) is 1. The summed E-state index contributed by atoms with van der Waals surface area (Å²) in [6.45, 7) is 2.89. The Balaban J connectivity index is 2.53. The molecule has 0 amide bonds. The molecule has 0 saturated heterocycles. The van der Waals surface area contributed by atoms with Gasteiger partial charge < -0.3 is 10.1 Å². The number of halogens is 2. The first-order chi connectivity index (χ1) is 10.2. The Labute approximate surface area is 134 Å². The van der Waals surface area contributed by atoms with Gasteiger partial charge in [0.1, 0.15) is 5.69 Å². The van der Waals surface area contributed by atoms with Gasteiger partial charge in [-0.2, -0.15) is 0 Å². The van der Waals surface area contributed by atoms with E-state index < -0.39 is 0 Å². The lowest BCUT2D eigenvalue weighted by Gasteiger charge is -2.22. The summed E-state index contributed by atoms with van der Waals surface area (Å²) in [6, 6.07) is 5.17. The van der Waals surface area contributed by atoms with Crippen LogP contribution in [-0.2, 0) is 0 Å². The third-order valence-electron chi connectivity index (χ3n) is 3.04. The van der Waals surface area contributed by atoms with Crippen molar-refractivity contribution >= 4 is 23.2 Å². The van der Waals surface area contributed by atoms with E-state index in [9.17, 15) is 0 Å². The van der Waals surface area contributed by atoms with Crippen molar-refractivity contribution in [1.29, 1.82) is 0 Å². The summed E-state index contributed by atoms with van der Waals surface area (Å²) in [5.41, 5.74) is 1.46. The largest absolute Gasteiger partial charge is 0.480 e. The summed E-state index contributed by atoms with van der Waals surface area (Å²) in [5.74, 6) is 0.460.